The molecular formula is C32H44ClN3O4. The first kappa shape index (κ1) is 30.4. The maximum Gasteiger partial charge on any atom is 0.406 e. The number of carbonyl (C=O) groups excluding carboxylic acids is 2. The molecule has 4 rings (SSSR count). The predicted octanol–water partition coefficient (Wildman–Crippen LogP) is 5.82. The molecule has 2 aromatic carbocycles. The molecular weight excluding hydrogens is 526 g/mol. The van der Waals surface area contributed by atoms with Crippen LogP contribution in [0, 0.1) is 11.8 Å². The van der Waals surface area contributed by atoms with E-state index >= 15 is 0 Å². The van der Waals surface area contributed by atoms with Crippen LogP contribution in [-0.2, 0) is 15.1 Å². The van der Waals surface area contributed by atoms with Crippen molar-refractivity contribution >= 4 is 23.6 Å². The zero-order chi connectivity index (χ0) is 28.9. The van der Waals surface area contributed by atoms with E-state index in [0.29, 0.717) is 43.4 Å². The number of benzene rings is 2. The van der Waals surface area contributed by atoms with Crippen LogP contribution in [-0.4, -0.2) is 54.8 Å². The minimum Gasteiger partial charge on any atom is -0.453 e. The fourth-order valence-corrected chi connectivity index (χ4v) is 6.76. The number of likely N-dealkylation sites (tertiary alicyclic amines) is 1. The van der Waals surface area contributed by atoms with Crippen molar-refractivity contribution in [2.45, 2.75) is 76.4 Å². The third kappa shape index (κ3) is 6.81. The van der Waals surface area contributed by atoms with E-state index in [2.05, 4.69) is 31.3 Å². The second kappa shape index (κ2) is 13.4. The Morgan fingerprint density at radius 3 is 2.67 bits per heavy atom. The number of nitrogens with one attached hydrogen (secondary N) is 1. The van der Waals surface area contributed by atoms with Crippen molar-refractivity contribution in [2.24, 2.45) is 17.6 Å². The molecule has 1 heterocycles. The van der Waals surface area contributed by atoms with Gasteiger partial charge in [-0.1, -0.05) is 61.8 Å². The summed E-state index contributed by atoms with van der Waals surface area (Å²) in [4.78, 5) is 27.1. The number of piperidine rings is 1. The largest absolute Gasteiger partial charge is 0.453 e. The smallest absolute Gasteiger partial charge is 0.406 e. The average molecular weight is 570 g/mol. The summed E-state index contributed by atoms with van der Waals surface area (Å²) in [5, 5.41) is 16.0. The van der Waals surface area contributed by atoms with E-state index < -0.39 is 11.7 Å². The summed E-state index contributed by atoms with van der Waals surface area (Å²) in [5.41, 5.74) is 8.59. The lowest BCUT2D eigenvalue weighted by molar-refractivity contribution is -0.140. The Hall–Kier alpha value is -2.61. The summed E-state index contributed by atoms with van der Waals surface area (Å²) >= 11 is 6.88. The summed E-state index contributed by atoms with van der Waals surface area (Å²) in [7, 11) is 1.33. The van der Waals surface area contributed by atoms with Crippen molar-refractivity contribution in [3.63, 3.8) is 0 Å². The van der Waals surface area contributed by atoms with Crippen molar-refractivity contribution in [2.75, 3.05) is 26.7 Å². The summed E-state index contributed by atoms with van der Waals surface area (Å²) in [6.07, 6.45) is 4.47. The number of alkyl carbamates (subject to hydrolysis) is 1. The van der Waals surface area contributed by atoms with Crippen molar-refractivity contribution in [3.05, 3.63) is 58.6 Å². The lowest BCUT2D eigenvalue weighted by Gasteiger charge is -2.44. The lowest BCUT2D eigenvalue weighted by Crippen LogP contribution is -2.49. The molecule has 2 unspecified atom stereocenters. The van der Waals surface area contributed by atoms with Crippen LogP contribution >= 0.6 is 11.6 Å². The number of hydrogen-bond acceptors (Lipinski definition) is 5. The normalized spacial score (nSPS) is 22.7. The van der Waals surface area contributed by atoms with Gasteiger partial charge in [0.2, 0.25) is 5.91 Å². The highest BCUT2D eigenvalue weighted by Gasteiger charge is 2.44. The molecule has 4 atom stereocenters. The third-order valence-corrected chi connectivity index (χ3v) is 9.06. The number of nitrogens with two attached hydrogens (primary N) is 1. The van der Waals surface area contributed by atoms with Crippen LogP contribution in [0.5, 0.6) is 0 Å². The van der Waals surface area contributed by atoms with Gasteiger partial charge in [0.05, 0.1) is 12.7 Å². The van der Waals surface area contributed by atoms with E-state index in [4.69, 9.17) is 22.1 Å². The third-order valence-electron chi connectivity index (χ3n) is 8.74. The van der Waals surface area contributed by atoms with Gasteiger partial charge in [0.1, 0.15) is 0 Å². The van der Waals surface area contributed by atoms with Crippen molar-refractivity contribution in [3.8, 4) is 11.1 Å². The zero-order valence-corrected chi connectivity index (χ0v) is 24.8. The Labute approximate surface area is 243 Å². The minimum atomic E-state index is -1.27. The SMILES string of the molecule is COC(=O)NCCCC(O)(c1cccc(Cl)c1-c1cccc(C(C)C)c1)C1CCCN(C(=O)[C@@H]2CC[C@H](N)C2)C1. The molecule has 0 radical (unpaired) electrons. The molecule has 7 nitrogen and oxygen atoms in total. The van der Waals surface area contributed by atoms with E-state index in [-0.39, 0.29) is 23.8 Å². The van der Waals surface area contributed by atoms with Crippen LogP contribution < -0.4 is 11.1 Å². The van der Waals surface area contributed by atoms with E-state index in [0.717, 1.165) is 48.8 Å². The van der Waals surface area contributed by atoms with Gasteiger partial charge in [-0.2, -0.15) is 0 Å². The number of amides is 2. The number of rotatable bonds is 9. The summed E-state index contributed by atoms with van der Waals surface area (Å²) in [6.45, 7) is 5.84. The monoisotopic (exact) mass is 569 g/mol. The first-order valence-corrected chi connectivity index (χ1v) is 15.0. The molecule has 40 heavy (non-hydrogen) atoms. The van der Waals surface area contributed by atoms with Gasteiger partial charge in [-0.15, -0.1) is 0 Å². The number of halogens is 1. The van der Waals surface area contributed by atoms with E-state index in [1.165, 1.54) is 12.7 Å². The fourth-order valence-electron chi connectivity index (χ4n) is 6.48. The van der Waals surface area contributed by atoms with Crippen LogP contribution in [0.2, 0.25) is 5.02 Å². The van der Waals surface area contributed by atoms with Gasteiger partial charge in [-0.05, 0) is 73.6 Å². The molecule has 8 heteroatoms. The number of aliphatic hydroxyl groups is 1. The lowest BCUT2D eigenvalue weighted by atomic mass is 9.72. The first-order chi connectivity index (χ1) is 19.1. The number of ether oxygens (including phenoxy) is 1. The number of nitrogens with zero attached hydrogens (tertiary/aromatic N) is 1. The van der Waals surface area contributed by atoms with E-state index in [9.17, 15) is 14.7 Å². The molecule has 2 fully saturated rings. The Bertz CT molecular complexity index is 1190. The molecule has 218 valence electrons. The second-order valence-corrected chi connectivity index (χ2v) is 12.2. The maximum atomic E-state index is 13.5. The van der Waals surface area contributed by atoms with Gasteiger partial charge < -0.3 is 25.8 Å². The molecule has 2 aliphatic rings. The highest BCUT2D eigenvalue weighted by molar-refractivity contribution is 6.33. The molecule has 1 saturated heterocycles. The van der Waals surface area contributed by atoms with Crippen LogP contribution in [0.15, 0.2) is 42.5 Å². The van der Waals surface area contributed by atoms with E-state index in [1.54, 1.807) is 0 Å². The zero-order valence-electron chi connectivity index (χ0n) is 24.0. The van der Waals surface area contributed by atoms with Gasteiger partial charge in [0, 0.05) is 48.1 Å². The average Bonchev–Trinajstić information content (AvgIpc) is 3.40. The molecule has 0 bridgehead atoms. The van der Waals surface area contributed by atoms with E-state index in [1.807, 2.05) is 35.2 Å². The van der Waals surface area contributed by atoms with Gasteiger partial charge >= 0.3 is 6.09 Å². The standard InChI is InChI=1S/C32H44ClN3O4/c1-21(2)22-8-4-9-23(18-22)29-27(11-5-12-28(29)33)32(39,15-7-16-35-31(38)40-3)25-10-6-17-36(20-25)30(37)24-13-14-26(34)19-24/h4-5,8-9,11-12,18,21,24-26,39H,6-7,10,13-17,19-20,34H2,1-3H3,(H,35,38)/t24-,25?,26+,32?/m1/s1. The quantitative estimate of drug-likeness (QED) is 0.330. The number of hydrogen-bond donors (Lipinski definition) is 3. The molecule has 1 aliphatic heterocycles. The Morgan fingerprint density at radius 2 is 1.98 bits per heavy atom. The Morgan fingerprint density at radius 1 is 1.20 bits per heavy atom. The summed E-state index contributed by atoms with van der Waals surface area (Å²) < 4.78 is 4.72. The molecule has 0 spiro atoms. The second-order valence-electron chi connectivity index (χ2n) is 11.8. The maximum absolute atomic E-state index is 13.5. The predicted molar refractivity (Wildman–Crippen MR) is 159 cm³/mol. The van der Waals surface area contributed by atoms with Crippen molar-refractivity contribution in [1.82, 2.24) is 10.2 Å². The highest BCUT2D eigenvalue weighted by atomic mass is 35.5. The molecule has 1 aliphatic carbocycles. The van der Waals surface area contributed by atoms with Gasteiger partial charge in [0.25, 0.3) is 0 Å². The van der Waals surface area contributed by atoms with Crippen LogP contribution in [0.25, 0.3) is 11.1 Å². The highest BCUT2D eigenvalue weighted by Crippen LogP contribution is 2.46. The number of methoxy groups -OCH3 is 1. The molecule has 2 amide bonds. The summed E-state index contributed by atoms with van der Waals surface area (Å²) in [5.74, 6) is 0.273. The van der Waals surface area contributed by atoms with Crippen molar-refractivity contribution in [1.29, 1.82) is 0 Å². The Balaban J connectivity index is 1.70. The van der Waals surface area contributed by atoms with Crippen LogP contribution in [0.3, 0.4) is 0 Å². The summed E-state index contributed by atoms with van der Waals surface area (Å²) in [6, 6.07) is 14.1. The van der Waals surface area contributed by atoms with Crippen molar-refractivity contribution < 1.29 is 19.4 Å². The van der Waals surface area contributed by atoms with Crippen LogP contribution in [0.4, 0.5) is 4.79 Å². The molecule has 4 N–H and O–H groups in total. The van der Waals surface area contributed by atoms with Gasteiger partial charge in [0.15, 0.2) is 0 Å². The minimum absolute atomic E-state index is 0.0356. The van der Waals surface area contributed by atoms with Gasteiger partial charge in [-0.3, -0.25) is 4.79 Å². The Kier molecular flexibility index (Phi) is 10.1. The molecule has 0 aromatic heterocycles. The fraction of sp³-hybridized carbons (Fsp3) is 0.562. The number of carbonyl (C=O) groups is 2. The molecule has 1 saturated carbocycles. The van der Waals surface area contributed by atoms with Crippen LogP contribution in [0.1, 0.15) is 75.8 Å². The topological polar surface area (TPSA) is 105 Å². The van der Waals surface area contributed by atoms with Gasteiger partial charge in [-0.25, -0.2) is 4.79 Å². The first-order valence-electron chi connectivity index (χ1n) is 14.6. The molecule has 2 aromatic rings.